The van der Waals surface area contributed by atoms with Gasteiger partial charge in [0, 0.05) is 37.8 Å². The maximum atomic E-state index is 14.4. The van der Waals surface area contributed by atoms with Gasteiger partial charge in [-0.05, 0) is 95.1 Å². The molecule has 0 bridgehead atoms. The molecule has 4 rings (SSSR count). The van der Waals surface area contributed by atoms with E-state index in [4.69, 9.17) is 14.2 Å². The number of nitrogens with zero attached hydrogens (tertiary/aromatic N) is 2. The van der Waals surface area contributed by atoms with Crippen molar-refractivity contribution < 1.29 is 32.5 Å². The second kappa shape index (κ2) is 17.1. The molecule has 3 aromatic carbocycles. The molecular formula is C37H51N3O7S. The topological polar surface area (TPSA) is 118 Å². The van der Waals surface area contributed by atoms with Gasteiger partial charge in [0.25, 0.3) is 15.9 Å². The normalized spacial score (nSPS) is 20.4. The first-order valence-electron chi connectivity index (χ1n) is 16.6. The summed E-state index contributed by atoms with van der Waals surface area (Å²) in [6.07, 6.45) is 2.13. The fraction of sp³-hybridized carbons (Fsp3) is 0.486. The number of aliphatic hydroxyl groups excluding tert-OH is 1. The molecule has 11 heteroatoms. The fourth-order valence-corrected chi connectivity index (χ4v) is 6.84. The summed E-state index contributed by atoms with van der Waals surface area (Å²) in [4.78, 5) is 18.4. The monoisotopic (exact) mass is 681 g/mol. The van der Waals surface area contributed by atoms with E-state index in [2.05, 4.69) is 23.6 Å². The van der Waals surface area contributed by atoms with Crippen LogP contribution in [0.4, 0.5) is 5.69 Å². The number of hydrogen-bond acceptors (Lipinski definition) is 8. The smallest absolute Gasteiger partial charge is 0.261 e. The number of aliphatic hydroxyl groups is 1. The quantitative estimate of drug-likeness (QED) is 0.279. The first-order valence-corrected chi connectivity index (χ1v) is 18.1. The molecule has 1 heterocycles. The van der Waals surface area contributed by atoms with Gasteiger partial charge in [0.2, 0.25) is 0 Å². The Kier molecular flexibility index (Phi) is 13.3. The van der Waals surface area contributed by atoms with E-state index >= 15 is 0 Å². The number of carbonyl (C=O) groups is 1. The van der Waals surface area contributed by atoms with Gasteiger partial charge in [-0.25, -0.2) is 8.42 Å². The molecule has 48 heavy (non-hydrogen) atoms. The fourth-order valence-electron chi connectivity index (χ4n) is 5.79. The van der Waals surface area contributed by atoms with Gasteiger partial charge in [-0.1, -0.05) is 36.8 Å². The van der Waals surface area contributed by atoms with Crippen LogP contribution in [0.5, 0.6) is 11.5 Å². The van der Waals surface area contributed by atoms with E-state index < -0.39 is 16.1 Å². The number of methoxy groups -OCH3 is 1. The lowest BCUT2D eigenvalue weighted by molar-refractivity contribution is -0.0177. The number of sulfonamides is 1. The Labute approximate surface area is 286 Å². The summed E-state index contributed by atoms with van der Waals surface area (Å²) in [5, 5.41) is 10.3. The van der Waals surface area contributed by atoms with Crippen LogP contribution in [0.1, 0.15) is 61.5 Å². The zero-order valence-corrected chi connectivity index (χ0v) is 29.8. The Morgan fingerprint density at radius 2 is 1.77 bits per heavy atom. The average molecular weight is 682 g/mol. The van der Waals surface area contributed by atoms with Gasteiger partial charge in [0.15, 0.2) is 0 Å². The summed E-state index contributed by atoms with van der Waals surface area (Å²) in [7, 11) is -0.200. The second-order valence-electron chi connectivity index (χ2n) is 13.0. The Morgan fingerprint density at radius 1 is 1.06 bits per heavy atom. The lowest BCUT2D eigenvalue weighted by atomic mass is 10.0. The number of anilines is 1. The van der Waals surface area contributed by atoms with E-state index in [0.29, 0.717) is 25.4 Å². The molecule has 1 aliphatic heterocycles. The lowest BCUT2D eigenvalue weighted by Gasteiger charge is -2.36. The number of rotatable bonds is 10. The number of aryl methyl sites for hydroxylation is 1. The van der Waals surface area contributed by atoms with Crippen molar-refractivity contribution in [2.24, 2.45) is 5.92 Å². The van der Waals surface area contributed by atoms with Gasteiger partial charge in [-0.3, -0.25) is 14.4 Å². The van der Waals surface area contributed by atoms with Crippen LogP contribution in [0, 0.1) is 12.8 Å². The van der Waals surface area contributed by atoms with Gasteiger partial charge in [0.05, 0.1) is 42.4 Å². The number of benzene rings is 3. The first-order chi connectivity index (χ1) is 22.9. The number of hydrogen-bond donors (Lipinski definition) is 2. The third-order valence-electron chi connectivity index (χ3n) is 8.74. The van der Waals surface area contributed by atoms with Crippen molar-refractivity contribution in [2.75, 3.05) is 45.2 Å². The number of carbonyl (C=O) groups excluding carboxylic acids is 1. The zero-order chi connectivity index (χ0) is 34.8. The van der Waals surface area contributed by atoms with E-state index in [-0.39, 0.29) is 46.8 Å². The minimum atomic E-state index is -3.91. The van der Waals surface area contributed by atoms with Crippen LogP contribution >= 0.6 is 0 Å². The molecule has 2 N–H and O–H groups in total. The maximum Gasteiger partial charge on any atom is 0.261 e. The van der Waals surface area contributed by atoms with Crippen molar-refractivity contribution in [3.05, 3.63) is 83.4 Å². The largest absolute Gasteiger partial charge is 0.497 e. The van der Waals surface area contributed by atoms with Crippen LogP contribution in [0.2, 0.25) is 0 Å². The SMILES string of the molecule is COc1ccc(CN(C)C[C@@H]2OCCCC[C@H](C)Oc3ccc(NS(=O)(=O)c4ccc(C)cc4)cc3C(=O)N([C@@H](C)CO)C[C@@H]2C)cc1. The van der Waals surface area contributed by atoms with Crippen LogP contribution in [-0.2, 0) is 21.3 Å². The second-order valence-corrected chi connectivity index (χ2v) is 14.7. The van der Waals surface area contributed by atoms with Crippen molar-refractivity contribution in [3.63, 3.8) is 0 Å². The van der Waals surface area contributed by atoms with Crippen molar-refractivity contribution in [1.29, 1.82) is 0 Å². The highest BCUT2D eigenvalue weighted by atomic mass is 32.2. The molecule has 4 atom stereocenters. The first kappa shape index (κ1) is 37.2. The third kappa shape index (κ3) is 10.2. The van der Waals surface area contributed by atoms with Gasteiger partial charge in [-0.15, -0.1) is 0 Å². The number of fused-ring (bicyclic) bond motifs is 1. The summed E-state index contributed by atoms with van der Waals surface area (Å²) >= 11 is 0. The van der Waals surface area contributed by atoms with E-state index in [1.54, 1.807) is 55.3 Å². The highest BCUT2D eigenvalue weighted by molar-refractivity contribution is 7.92. The van der Waals surface area contributed by atoms with Crippen LogP contribution in [0.3, 0.4) is 0 Å². The Balaban J connectivity index is 1.62. The third-order valence-corrected chi connectivity index (χ3v) is 10.1. The number of ether oxygens (including phenoxy) is 3. The lowest BCUT2D eigenvalue weighted by Crippen LogP contribution is -2.47. The molecule has 1 amide bonds. The van der Waals surface area contributed by atoms with Crippen LogP contribution < -0.4 is 14.2 Å². The molecule has 0 spiro atoms. The molecule has 10 nitrogen and oxygen atoms in total. The van der Waals surface area contributed by atoms with Crippen LogP contribution in [-0.4, -0.2) is 87.9 Å². The molecule has 0 saturated heterocycles. The molecule has 1 aliphatic rings. The van der Waals surface area contributed by atoms with Crippen molar-refractivity contribution in [2.45, 2.75) is 76.6 Å². The minimum Gasteiger partial charge on any atom is -0.497 e. The molecular weight excluding hydrogens is 630 g/mol. The molecule has 0 aliphatic carbocycles. The summed E-state index contributed by atoms with van der Waals surface area (Å²) in [5.74, 6) is 0.738. The summed E-state index contributed by atoms with van der Waals surface area (Å²) in [6, 6.07) is 18.8. The van der Waals surface area contributed by atoms with Crippen molar-refractivity contribution in [3.8, 4) is 11.5 Å². The minimum absolute atomic E-state index is 0.0873. The Hall–Kier alpha value is -3.64. The van der Waals surface area contributed by atoms with E-state index in [1.165, 1.54) is 6.07 Å². The molecule has 0 aromatic heterocycles. The highest BCUT2D eigenvalue weighted by Crippen LogP contribution is 2.30. The van der Waals surface area contributed by atoms with Gasteiger partial charge < -0.3 is 24.2 Å². The number of amides is 1. The molecule has 0 saturated carbocycles. The van der Waals surface area contributed by atoms with Gasteiger partial charge in [-0.2, -0.15) is 0 Å². The van der Waals surface area contributed by atoms with E-state index in [1.807, 2.05) is 38.1 Å². The molecule has 262 valence electrons. The Morgan fingerprint density at radius 3 is 2.44 bits per heavy atom. The van der Waals surface area contributed by atoms with E-state index in [0.717, 1.165) is 42.7 Å². The summed E-state index contributed by atoms with van der Waals surface area (Å²) in [5.41, 5.74) is 2.56. The van der Waals surface area contributed by atoms with Gasteiger partial charge >= 0.3 is 0 Å². The van der Waals surface area contributed by atoms with Crippen LogP contribution in [0.15, 0.2) is 71.6 Å². The highest BCUT2D eigenvalue weighted by Gasteiger charge is 2.30. The van der Waals surface area contributed by atoms with E-state index in [9.17, 15) is 18.3 Å². The molecule has 3 aromatic rings. The average Bonchev–Trinajstić information content (AvgIpc) is 3.06. The number of likely N-dealkylation sites (N-methyl/N-ethyl adjacent to an activating group) is 1. The predicted molar refractivity (Wildman–Crippen MR) is 188 cm³/mol. The van der Waals surface area contributed by atoms with Gasteiger partial charge in [0.1, 0.15) is 11.5 Å². The van der Waals surface area contributed by atoms with Crippen molar-refractivity contribution in [1.82, 2.24) is 9.80 Å². The van der Waals surface area contributed by atoms with Crippen molar-refractivity contribution >= 4 is 21.6 Å². The zero-order valence-electron chi connectivity index (χ0n) is 29.0. The number of nitrogens with one attached hydrogen (secondary N) is 1. The predicted octanol–water partition coefficient (Wildman–Crippen LogP) is 5.73. The summed E-state index contributed by atoms with van der Waals surface area (Å²) < 4.78 is 47.2. The molecule has 0 radical (unpaired) electrons. The Bertz CT molecular complexity index is 1580. The molecule has 0 fully saturated rings. The maximum absolute atomic E-state index is 14.4. The standard InChI is InChI=1S/C37H51N3O7S/c1-26-10-17-33(18-11-26)48(43,44)38-31-14-19-35-34(21-31)37(42)40(28(3)25-41)22-27(2)36(46-20-8-7-9-29(4)47-35)24-39(5)23-30-12-15-32(45-6)16-13-30/h10-19,21,27-29,36,38,41H,7-9,20,22-25H2,1-6H3/t27-,28-,29-,36-/m0/s1. The molecule has 0 unspecified atom stereocenters. The van der Waals surface area contributed by atoms with Crippen LogP contribution in [0.25, 0.3) is 0 Å². The summed E-state index contributed by atoms with van der Waals surface area (Å²) in [6.45, 7) is 9.73.